The van der Waals surface area contributed by atoms with E-state index in [1.54, 1.807) is 6.92 Å². The first kappa shape index (κ1) is 8.55. The molecule has 5 heteroatoms. The molecule has 0 aliphatic heterocycles. The Morgan fingerprint density at radius 2 is 1.43 bits per heavy atom. The molecule has 5 nitrogen and oxygen atoms in total. The number of hydrogen-bond acceptors (Lipinski definition) is 5. The van der Waals surface area contributed by atoms with Crippen LogP contribution in [0.3, 0.4) is 0 Å². The monoisotopic (exact) mass is 192 g/mol. The van der Waals surface area contributed by atoms with E-state index in [9.17, 15) is 15.3 Å². The molecule has 0 spiro atoms. The lowest BCUT2D eigenvalue weighted by Crippen LogP contribution is -1.86. The number of phenols is 3. The summed E-state index contributed by atoms with van der Waals surface area (Å²) in [5, 5.41) is 36.4. The number of aromatic hydroxyl groups is 3. The highest BCUT2D eigenvalue weighted by Gasteiger charge is 2.15. The van der Waals surface area contributed by atoms with E-state index in [1.165, 1.54) is 12.4 Å². The summed E-state index contributed by atoms with van der Waals surface area (Å²) >= 11 is 0. The van der Waals surface area contributed by atoms with E-state index in [1.807, 2.05) is 0 Å². The lowest BCUT2D eigenvalue weighted by atomic mass is 10.1. The van der Waals surface area contributed by atoms with Crippen LogP contribution >= 0.6 is 0 Å². The quantitative estimate of drug-likeness (QED) is 0.543. The highest BCUT2D eigenvalue weighted by molar-refractivity contribution is 5.94. The van der Waals surface area contributed by atoms with Crippen molar-refractivity contribution in [3.63, 3.8) is 0 Å². The maximum absolute atomic E-state index is 9.49. The van der Waals surface area contributed by atoms with Crippen LogP contribution in [0.2, 0.25) is 0 Å². The van der Waals surface area contributed by atoms with Crippen molar-refractivity contribution in [2.24, 2.45) is 0 Å². The van der Waals surface area contributed by atoms with Crippen molar-refractivity contribution in [3.05, 3.63) is 18.0 Å². The van der Waals surface area contributed by atoms with Crippen LogP contribution in [0, 0.1) is 6.92 Å². The molecular weight excluding hydrogens is 184 g/mol. The summed E-state index contributed by atoms with van der Waals surface area (Å²) < 4.78 is 0. The maximum atomic E-state index is 9.49. The molecule has 1 aromatic heterocycles. The zero-order chi connectivity index (χ0) is 10.3. The topological polar surface area (TPSA) is 86.5 Å². The first-order valence-electron chi connectivity index (χ1n) is 3.96. The summed E-state index contributed by atoms with van der Waals surface area (Å²) in [4.78, 5) is 0. The van der Waals surface area contributed by atoms with Crippen LogP contribution in [0.1, 0.15) is 5.56 Å². The molecule has 2 rings (SSSR count). The third-order valence-corrected chi connectivity index (χ3v) is 2.19. The number of aromatic nitrogens is 2. The fourth-order valence-corrected chi connectivity index (χ4v) is 1.35. The van der Waals surface area contributed by atoms with Crippen molar-refractivity contribution in [1.29, 1.82) is 0 Å². The van der Waals surface area contributed by atoms with Crippen molar-refractivity contribution < 1.29 is 15.3 Å². The van der Waals surface area contributed by atoms with Gasteiger partial charge in [-0.05, 0) is 6.92 Å². The molecule has 0 aliphatic rings. The average molecular weight is 192 g/mol. The van der Waals surface area contributed by atoms with E-state index in [0.717, 1.165) is 0 Å². The second-order valence-electron chi connectivity index (χ2n) is 2.99. The van der Waals surface area contributed by atoms with E-state index in [2.05, 4.69) is 10.2 Å². The predicted octanol–water partition coefficient (Wildman–Crippen LogP) is 1.06. The summed E-state index contributed by atoms with van der Waals surface area (Å²) in [6, 6.07) is 0. The number of phenolic OH excluding ortho intramolecular Hbond substituents is 3. The van der Waals surface area contributed by atoms with Crippen LogP contribution in [0.15, 0.2) is 12.4 Å². The van der Waals surface area contributed by atoms with Gasteiger partial charge < -0.3 is 15.3 Å². The van der Waals surface area contributed by atoms with Crippen LogP contribution < -0.4 is 0 Å². The van der Waals surface area contributed by atoms with Gasteiger partial charge in [-0.25, -0.2) is 0 Å². The Morgan fingerprint density at radius 1 is 0.857 bits per heavy atom. The normalized spacial score (nSPS) is 10.6. The second-order valence-corrected chi connectivity index (χ2v) is 2.99. The minimum Gasteiger partial charge on any atom is -0.504 e. The number of fused-ring (bicyclic) bond motifs is 1. The van der Waals surface area contributed by atoms with Gasteiger partial charge in [-0.3, -0.25) is 0 Å². The molecule has 72 valence electrons. The van der Waals surface area contributed by atoms with Gasteiger partial charge in [-0.2, -0.15) is 10.2 Å². The summed E-state index contributed by atoms with van der Waals surface area (Å²) in [7, 11) is 0. The van der Waals surface area contributed by atoms with E-state index in [0.29, 0.717) is 16.3 Å². The lowest BCUT2D eigenvalue weighted by Gasteiger charge is -2.08. The molecule has 14 heavy (non-hydrogen) atoms. The molecule has 0 bridgehead atoms. The largest absolute Gasteiger partial charge is 0.504 e. The van der Waals surface area contributed by atoms with Gasteiger partial charge >= 0.3 is 0 Å². The summed E-state index contributed by atoms with van der Waals surface area (Å²) in [5.74, 6) is -1.23. The van der Waals surface area contributed by atoms with Crippen molar-refractivity contribution in [1.82, 2.24) is 10.2 Å². The van der Waals surface area contributed by atoms with Gasteiger partial charge in [0.25, 0.3) is 0 Å². The average Bonchev–Trinajstić information content (AvgIpc) is 2.23. The van der Waals surface area contributed by atoms with Gasteiger partial charge in [0.05, 0.1) is 12.4 Å². The van der Waals surface area contributed by atoms with Crippen molar-refractivity contribution in [2.75, 3.05) is 0 Å². The molecule has 0 saturated heterocycles. The predicted molar refractivity (Wildman–Crippen MR) is 49.3 cm³/mol. The smallest absolute Gasteiger partial charge is 0.201 e. The SMILES string of the molecule is Cc1c(O)c(O)c(O)c2cnncc12. The fraction of sp³-hybridized carbons (Fsp3) is 0.111. The van der Waals surface area contributed by atoms with Gasteiger partial charge in [0, 0.05) is 16.3 Å². The second kappa shape index (κ2) is 2.73. The van der Waals surface area contributed by atoms with Crippen molar-refractivity contribution >= 4 is 10.8 Å². The van der Waals surface area contributed by atoms with Gasteiger partial charge in [0.1, 0.15) is 0 Å². The zero-order valence-corrected chi connectivity index (χ0v) is 7.39. The van der Waals surface area contributed by atoms with Gasteiger partial charge in [0.15, 0.2) is 11.5 Å². The Balaban J connectivity index is 3.02. The Hall–Kier alpha value is -2.04. The number of hydrogen-bond donors (Lipinski definition) is 3. The van der Waals surface area contributed by atoms with Crippen molar-refractivity contribution in [2.45, 2.75) is 6.92 Å². The molecule has 0 saturated carbocycles. The third-order valence-electron chi connectivity index (χ3n) is 2.19. The Labute approximate surface area is 79.3 Å². The first-order valence-corrected chi connectivity index (χ1v) is 3.96. The molecule has 0 unspecified atom stereocenters. The Morgan fingerprint density at radius 3 is 2.07 bits per heavy atom. The summed E-state index contributed by atoms with van der Waals surface area (Å²) in [6.45, 7) is 1.62. The van der Waals surface area contributed by atoms with Gasteiger partial charge in [-0.1, -0.05) is 0 Å². The maximum Gasteiger partial charge on any atom is 0.201 e. The molecule has 0 fully saturated rings. The number of aryl methyl sites for hydroxylation is 1. The highest BCUT2D eigenvalue weighted by Crippen LogP contribution is 2.43. The minimum atomic E-state index is -0.525. The van der Waals surface area contributed by atoms with Gasteiger partial charge in [0.2, 0.25) is 5.75 Å². The molecule has 0 radical (unpaired) electrons. The summed E-state index contributed by atoms with van der Waals surface area (Å²) in [6.07, 6.45) is 2.75. The standard InChI is InChI=1S/C9H8N2O3/c1-4-5-2-10-11-3-6(5)8(13)9(14)7(4)12/h2-3,12-14H,1H3. The zero-order valence-electron chi connectivity index (χ0n) is 7.39. The molecule has 3 N–H and O–H groups in total. The van der Waals surface area contributed by atoms with E-state index >= 15 is 0 Å². The minimum absolute atomic E-state index is 0.331. The third kappa shape index (κ3) is 0.953. The molecule has 0 aliphatic carbocycles. The molecular formula is C9H8N2O3. The fourth-order valence-electron chi connectivity index (χ4n) is 1.35. The van der Waals surface area contributed by atoms with E-state index in [-0.39, 0.29) is 11.5 Å². The number of benzene rings is 1. The molecule has 0 amide bonds. The lowest BCUT2D eigenvalue weighted by molar-refractivity contribution is 0.369. The van der Waals surface area contributed by atoms with E-state index < -0.39 is 5.75 Å². The van der Waals surface area contributed by atoms with Crippen LogP contribution in [0.4, 0.5) is 0 Å². The Kier molecular flexibility index (Phi) is 1.67. The van der Waals surface area contributed by atoms with Crippen LogP contribution in [-0.2, 0) is 0 Å². The van der Waals surface area contributed by atoms with Crippen LogP contribution in [-0.4, -0.2) is 25.5 Å². The first-order chi connectivity index (χ1) is 6.63. The highest BCUT2D eigenvalue weighted by atomic mass is 16.3. The number of rotatable bonds is 0. The van der Waals surface area contributed by atoms with Crippen LogP contribution in [0.25, 0.3) is 10.8 Å². The van der Waals surface area contributed by atoms with Crippen LogP contribution in [0.5, 0.6) is 17.2 Å². The van der Waals surface area contributed by atoms with Crippen molar-refractivity contribution in [3.8, 4) is 17.2 Å². The molecule has 2 aromatic rings. The van der Waals surface area contributed by atoms with E-state index in [4.69, 9.17) is 0 Å². The van der Waals surface area contributed by atoms with Gasteiger partial charge in [-0.15, -0.1) is 0 Å². The summed E-state index contributed by atoms with van der Waals surface area (Å²) in [5.41, 5.74) is 0.463. The Bertz CT molecular complexity index is 464. The number of nitrogens with zero attached hydrogens (tertiary/aromatic N) is 2. The molecule has 0 atom stereocenters. The molecule has 1 aromatic carbocycles. The molecule has 1 heterocycles.